The van der Waals surface area contributed by atoms with Gasteiger partial charge in [-0.1, -0.05) is 0 Å². The minimum absolute atomic E-state index is 0.0203. The van der Waals surface area contributed by atoms with Crippen LogP contribution in [-0.2, 0) is 16.1 Å². The minimum Gasteiger partial charge on any atom is -0.481 e. The predicted molar refractivity (Wildman–Crippen MR) is 88.9 cm³/mol. The molecule has 0 radical (unpaired) electrons. The number of hydrogen-bond acceptors (Lipinski definition) is 5. The first-order valence-electron chi connectivity index (χ1n) is 8.12. The van der Waals surface area contributed by atoms with E-state index in [4.69, 9.17) is 0 Å². The van der Waals surface area contributed by atoms with Gasteiger partial charge in [-0.05, 0) is 13.8 Å². The molecule has 2 aliphatic rings. The van der Waals surface area contributed by atoms with E-state index in [1.807, 2.05) is 25.4 Å². The van der Waals surface area contributed by atoms with Crippen LogP contribution < -0.4 is 0 Å². The Hall–Kier alpha value is -1.93. The molecule has 2 aliphatic heterocycles. The monoisotopic (exact) mass is 348 g/mol. The molecule has 2 fully saturated rings. The van der Waals surface area contributed by atoms with E-state index < -0.39 is 17.3 Å². The minimum atomic E-state index is -0.973. The number of nitrogens with zero attached hydrogens (tertiary/aromatic N) is 4. The van der Waals surface area contributed by atoms with Gasteiger partial charge in [0.1, 0.15) is 5.41 Å². The van der Waals surface area contributed by atoms with Crippen LogP contribution in [0.4, 0.5) is 0 Å². The van der Waals surface area contributed by atoms with Gasteiger partial charge in [0.2, 0.25) is 5.91 Å². The highest BCUT2D eigenvalue weighted by Gasteiger charge is 2.61. The Kier molecular flexibility index (Phi) is 3.43. The van der Waals surface area contributed by atoms with Gasteiger partial charge in [0, 0.05) is 44.3 Å². The van der Waals surface area contributed by atoms with Crippen LogP contribution in [0.3, 0.4) is 0 Å². The summed E-state index contributed by atoms with van der Waals surface area (Å²) in [5, 5.41) is 11.8. The summed E-state index contributed by atoms with van der Waals surface area (Å²) in [7, 11) is 0. The fourth-order valence-corrected chi connectivity index (χ4v) is 4.91. The number of likely N-dealkylation sites (tertiary alicyclic amines) is 2. The molecule has 2 atom stereocenters. The second kappa shape index (κ2) is 5.29. The highest BCUT2D eigenvalue weighted by molar-refractivity contribution is 7.15. The lowest BCUT2D eigenvalue weighted by Gasteiger charge is -2.24. The van der Waals surface area contributed by atoms with Crippen molar-refractivity contribution in [2.24, 2.45) is 11.3 Å². The molecule has 1 N–H and O–H groups in total. The molecule has 2 aromatic rings. The van der Waals surface area contributed by atoms with Crippen molar-refractivity contribution < 1.29 is 14.7 Å². The van der Waals surface area contributed by atoms with E-state index in [-0.39, 0.29) is 5.91 Å². The molecule has 0 unspecified atom stereocenters. The third-order valence-electron chi connectivity index (χ3n) is 5.44. The van der Waals surface area contributed by atoms with Crippen molar-refractivity contribution in [3.63, 3.8) is 0 Å². The van der Waals surface area contributed by atoms with E-state index >= 15 is 0 Å². The number of carboxylic acids is 1. The number of aliphatic carboxylic acids is 1. The summed E-state index contributed by atoms with van der Waals surface area (Å²) in [6.45, 7) is 6.29. The molecule has 2 saturated heterocycles. The van der Waals surface area contributed by atoms with Crippen LogP contribution >= 0.6 is 11.3 Å². The summed E-state index contributed by atoms with van der Waals surface area (Å²) >= 11 is 1.58. The number of aryl methyl sites for hydroxylation is 1. The first-order chi connectivity index (χ1) is 11.5. The van der Waals surface area contributed by atoms with Crippen LogP contribution in [0.25, 0.3) is 4.96 Å². The Morgan fingerprint density at radius 3 is 2.96 bits per heavy atom. The van der Waals surface area contributed by atoms with Gasteiger partial charge in [-0.2, -0.15) is 0 Å². The number of aromatic nitrogens is 2. The Labute approximate surface area is 143 Å². The van der Waals surface area contributed by atoms with Crippen molar-refractivity contribution in [1.29, 1.82) is 0 Å². The van der Waals surface area contributed by atoms with E-state index in [1.165, 1.54) is 0 Å². The standard InChI is InChI=1S/C16H20N4O3S/c1-3-19-9-16(14(22)23)8-18(6-11(16)13(19)21)7-12-10(2)17-15-20(12)4-5-24-15/h4-5,11H,3,6-9H2,1-2H3,(H,22,23)/t11-,16-/m1/s1. The Balaban J connectivity index is 1.62. The number of thiazole rings is 1. The molecule has 24 heavy (non-hydrogen) atoms. The van der Waals surface area contributed by atoms with Crippen LogP contribution in [0.5, 0.6) is 0 Å². The molecule has 0 spiro atoms. The lowest BCUT2D eigenvalue weighted by atomic mass is 9.81. The van der Waals surface area contributed by atoms with E-state index in [1.54, 1.807) is 16.2 Å². The summed E-state index contributed by atoms with van der Waals surface area (Å²) < 4.78 is 2.06. The van der Waals surface area contributed by atoms with Gasteiger partial charge in [-0.25, -0.2) is 4.98 Å². The second-order valence-electron chi connectivity index (χ2n) is 6.74. The quantitative estimate of drug-likeness (QED) is 0.894. The van der Waals surface area contributed by atoms with Gasteiger partial charge in [-0.15, -0.1) is 11.3 Å². The molecular formula is C16H20N4O3S. The molecule has 0 aliphatic carbocycles. The molecular weight excluding hydrogens is 328 g/mol. The molecule has 7 nitrogen and oxygen atoms in total. The fourth-order valence-electron chi connectivity index (χ4n) is 4.14. The number of fused-ring (bicyclic) bond motifs is 2. The van der Waals surface area contributed by atoms with Crippen molar-refractivity contribution in [3.05, 3.63) is 23.0 Å². The van der Waals surface area contributed by atoms with Crippen LogP contribution in [0.1, 0.15) is 18.3 Å². The summed E-state index contributed by atoms with van der Waals surface area (Å²) in [6, 6.07) is 0. The van der Waals surface area contributed by atoms with Gasteiger partial charge in [0.25, 0.3) is 0 Å². The smallest absolute Gasteiger partial charge is 0.313 e. The second-order valence-corrected chi connectivity index (χ2v) is 7.61. The van der Waals surface area contributed by atoms with Crippen molar-refractivity contribution >= 4 is 28.2 Å². The molecule has 128 valence electrons. The Morgan fingerprint density at radius 2 is 2.29 bits per heavy atom. The maximum absolute atomic E-state index is 12.5. The number of imidazole rings is 1. The number of carbonyl (C=O) groups excluding carboxylic acids is 1. The van der Waals surface area contributed by atoms with Crippen molar-refractivity contribution in [2.45, 2.75) is 20.4 Å². The van der Waals surface area contributed by atoms with E-state index in [2.05, 4.69) is 14.3 Å². The predicted octanol–water partition coefficient (Wildman–Crippen LogP) is 1.07. The highest BCUT2D eigenvalue weighted by atomic mass is 32.1. The maximum Gasteiger partial charge on any atom is 0.313 e. The molecule has 4 rings (SSSR count). The van der Waals surface area contributed by atoms with Gasteiger partial charge >= 0.3 is 5.97 Å². The van der Waals surface area contributed by atoms with Crippen LogP contribution in [0, 0.1) is 18.3 Å². The molecule has 2 aromatic heterocycles. The maximum atomic E-state index is 12.5. The third-order valence-corrected chi connectivity index (χ3v) is 6.20. The molecule has 0 bridgehead atoms. The van der Waals surface area contributed by atoms with Gasteiger partial charge in [-0.3, -0.25) is 18.9 Å². The lowest BCUT2D eigenvalue weighted by Crippen LogP contribution is -2.40. The molecule has 0 aromatic carbocycles. The third kappa shape index (κ3) is 2.02. The largest absolute Gasteiger partial charge is 0.481 e. The summed E-state index contributed by atoms with van der Waals surface area (Å²) in [6.07, 6.45) is 1.99. The Morgan fingerprint density at radius 1 is 1.50 bits per heavy atom. The van der Waals surface area contributed by atoms with Crippen LogP contribution in [-0.4, -0.2) is 62.3 Å². The average molecular weight is 348 g/mol. The topological polar surface area (TPSA) is 78.2 Å². The average Bonchev–Trinajstić information content (AvgIpc) is 3.24. The van der Waals surface area contributed by atoms with Gasteiger partial charge in [0.05, 0.1) is 17.3 Å². The zero-order valence-electron chi connectivity index (χ0n) is 13.7. The molecule has 4 heterocycles. The first kappa shape index (κ1) is 15.6. The number of hydrogen-bond donors (Lipinski definition) is 1. The van der Waals surface area contributed by atoms with Crippen LogP contribution in [0.2, 0.25) is 0 Å². The van der Waals surface area contributed by atoms with E-state index in [0.29, 0.717) is 32.7 Å². The highest BCUT2D eigenvalue weighted by Crippen LogP contribution is 2.44. The van der Waals surface area contributed by atoms with Crippen molar-refractivity contribution in [2.75, 3.05) is 26.2 Å². The van der Waals surface area contributed by atoms with E-state index in [0.717, 1.165) is 16.3 Å². The molecule has 0 saturated carbocycles. The summed E-state index contributed by atoms with van der Waals surface area (Å²) in [4.78, 5) is 33.8. The van der Waals surface area contributed by atoms with E-state index in [9.17, 15) is 14.7 Å². The van der Waals surface area contributed by atoms with Gasteiger partial charge in [0.15, 0.2) is 4.96 Å². The van der Waals surface area contributed by atoms with Gasteiger partial charge < -0.3 is 10.0 Å². The summed E-state index contributed by atoms with van der Waals surface area (Å²) in [5.74, 6) is -1.32. The number of carboxylic acid groups (broad SMARTS) is 1. The zero-order chi connectivity index (χ0) is 17.1. The van der Waals surface area contributed by atoms with Crippen molar-refractivity contribution in [3.8, 4) is 0 Å². The lowest BCUT2D eigenvalue weighted by molar-refractivity contribution is -0.149. The number of amides is 1. The normalized spacial score (nSPS) is 27.3. The molecule has 8 heteroatoms. The molecule has 1 amide bonds. The first-order valence-corrected chi connectivity index (χ1v) is 9.00. The number of rotatable bonds is 4. The number of carbonyl (C=O) groups is 2. The summed E-state index contributed by atoms with van der Waals surface area (Å²) in [5.41, 5.74) is 1.07. The van der Waals surface area contributed by atoms with Crippen LogP contribution in [0.15, 0.2) is 11.6 Å². The van der Waals surface area contributed by atoms with Crippen molar-refractivity contribution in [1.82, 2.24) is 19.2 Å². The fraction of sp³-hybridized carbons (Fsp3) is 0.562. The SMILES string of the molecule is CCN1C[C@]2(C(=O)O)CN(Cc3c(C)nc4sccn34)C[C@@H]2C1=O. The zero-order valence-corrected chi connectivity index (χ0v) is 14.5. The Bertz CT molecular complexity index is 829.